The van der Waals surface area contributed by atoms with E-state index in [1.165, 1.54) is 25.4 Å². The Kier molecular flexibility index (Phi) is 8.94. The first-order valence-electron chi connectivity index (χ1n) is 15.1. The minimum atomic E-state index is -0.615. The van der Waals surface area contributed by atoms with Gasteiger partial charge in [-0.1, -0.05) is 43.1 Å². The lowest BCUT2D eigenvalue weighted by molar-refractivity contribution is -0.139. The van der Waals surface area contributed by atoms with Crippen LogP contribution in [-0.2, 0) is 25.5 Å². The summed E-state index contributed by atoms with van der Waals surface area (Å²) in [6.45, 7) is 2.20. The minimum Gasteiger partial charge on any atom is -0.469 e. The zero-order chi connectivity index (χ0) is 32.4. The third kappa shape index (κ3) is 6.28. The fraction of sp³-hybridized carbons (Fsp3) is 0.294. The van der Waals surface area contributed by atoms with Crippen molar-refractivity contribution in [2.75, 3.05) is 19.0 Å². The molecule has 0 aliphatic carbocycles. The number of pyridine rings is 1. The Morgan fingerprint density at radius 2 is 1.96 bits per heavy atom. The van der Waals surface area contributed by atoms with Gasteiger partial charge in [-0.25, -0.2) is 4.39 Å². The summed E-state index contributed by atoms with van der Waals surface area (Å²) in [7, 11) is 1.34. The van der Waals surface area contributed by atoms with Crippen molar-refractivity contribution in [2.45, 2.75) is 45.1 Å². The van der Waals surface area contributed by atoms with Gasteiger partial charge in [0, 0.05) is 47.1 Å². The van der Waals surface area contributed by atoms with E-state index in [2.05, 4.69) is 20.7 Å². The first-order chi connectivity index (χ1) is 22.2. The molecule has 0 saturated heterocycles. The molecule has 2 bridgehead atoms. The number of hydrogen-bond acceptors (Lipinski definition) is 7. The second-order valence-electron chi connectivity index (χ2n) is 11.5. The van der Waals surface area contributed by atoms with E-state index < -0.39 is 5.82 Å². The van der Waals surface area contributed by atoms with Crippen LogP contribution in [0.2, 0.25) is 5.02 Å². The number of aromatic amines is 1. The number of fused-ring (bicyclic) bond motifs is 4. The van der Waals surface area contributed by atoms with E-state index in [0.717, 1.165) is 11.1 Å². The van der Waals surface area contributed by atoms with Gasteiger partial charge in [0.1, 0.15) is 11.5 Å². The zero-order valence-corrected chi connectivity index (χ0v) is 26.1. The number of carbonyl (C=O) groups is 3. The van der Waals surface area contributed by atoms with E-state index in [1.54, 1.807) is 23.2 Å². The number of nitrogens with one attached hydrogen (secondary N) is 2. The van der Waals surface area contributed by atoms with Gasteiger partial charge in [-0.05, 0) is 60.2 Å². The lowest BCUT2D eigenvalue weighted by atomic mass is 9.90. The molecule has 4 heterocycles. The minimum absolute atomic E-state index is 0.0470. The predicted molar refractivity (Wildman–Crippen MR) is 171 cm³/mol. The molecule has 0 saturated carbocycles. The lowest BCUT2D eigenvalue weighted by Crippen LogP contribution is -2.38. The van der Waals surface area contributed by atoms with E-state index in [9.17, 15) is 14.4 Å². The Hall–Kier alpha value is -4.90. The van der Waals surface area contributed by atoms with E-state index in [0.29, 0.717) is 66.0 Å². The highest BCUT2D eigenvalue weighted by Gasteiger charge is 2.31. The SMILES string of the molecule is COC(=O)Cc1ccc2c(c1)NC(=O)[C@H](C)CCC[C@H](N1CCC(c3c(-c4cn[nH]n4)ccc(Cl)c3F)=CC1=O)c1cc-2ccn1. The van der Waals surface area contributed by atoms with Crippen LogP contribution in [0.3, 0.4) is 0 Å². The molecule has 2 atom stereocenters. The summed E-state index contributed by atoms with van der Waals surface area (Å²) in [6, 6.07) is 12.0. The molecule has 2 N–H and O–H groups in total. The molecule has 2 amide bonds. The number of H-pyrrole nitrogens is 1. The van der Waals surface area contributed by atoms with Crippen molar-refractivity contribution in [1.82, 2.24) is 25.3 Å². The van der Waals surface area contributed by atoms with Crippen molar-refractivity contribution in [3.63, 3.8) is 0 Å². The van der Waals surface area contributed by atoms with Gasteiger partial charge in [0.2, 0.25) is 11.8 Å². The number of hydrogen-bond donors (Lipinski definition) is 2. The van der Waals surface area contributed by atoms with Gasteiger partial charge >= 0.3 is 5.97 Å². The molecule has 2 aliphatic heterocycles. The number of amides is 2. The van der Waals surface area contributed by atoms with Crippen molar-refractivity contribution in [2.24, 2.45) is 5.92 Å². The molecule has 0 radical (unpaired) electrons. The number of rotatable bonds is 5. The van der Waals surface area contributed by atoms with Gasteiger partial charge in [0.05, 0.1) is 36.5 Å². The summed E-state index contributed by atoms with van der Waals surface area (Å²) in [4.78, 5) is 45.5. The van der Waals surface area contributed by atoms with Crippen LogP contribution in [0.4, 0.5) is 10.1 Å². The molecule has 46 heavy (non-hydrogen) atoms. The summed E-state index contributed by atoms with van der Waals surface area (Å²) in [5.74, 6) is -1.69. The Balaban J connectivity index is 1.37. The zero-order valence-electron chi connectivity index (χ0n) is 25.3. The van der Waals surface area contributed by atoms with Gasteiger partial charge < -0.3 is 15.0 Å². The predicted octanol–water partition coefficient (Wildman–Crippen LogP) is 6.16. The van der Waals surface area contributed by atoms with Gasteiger partial charge in [0.25, 0.3) is 0 Å². The van der Waals surface area contributed by atoms with Crippen LogP contribution < -0.4 is 5.32 Å². The maximum absolute atomic E-state index is 15.5. The first-order valence-corrected chi connectivity index (χ1v) is 15.4. The number of nitrogens with zero attached hydrogens (tertiary/aromatic N) is 4. The van der Waals surface area contributed by atoms with Crippen molar-refractivity contribution in [3.8, 4) is 22.4 Å². The van der Waals surface area contributed by atoms with Crippen molar-refractivity contribution >= 4 is 40.6 Å². The van der Waals surface area contributed by atoms with Crippen LogP contribution in [0.5, 0.6) is 0 Å². The Labute approximate surface area is 270 Å². The molecule has 2 aromatic heterocycles. The van der Waals surface area contributed by atoms with E-state index in [-0.39, 0.29) is 46.8 Å². The Bertz CT molecular complexity index is 1840. The molecule has 2 aromatic carbocycles. The standard InChI is InChI=1S/C34H32ClFN6O4/c1-19-4-3-5-29(27-16-21(10-12-37-27)23-7-6-20(15-31(44)46-2)14-26(23)39-34(19)45)42-13-11-22(17-30(42)43)32-24(28-18-38-41-40-28)8-9-25(35)33(32)36/h6-10,12,14,16-19,29H,3-5,11,13,15H2,1-2H3,(H,39,45)(H,38,40,41)/t19-,29+/m1/s1. The molecule has 0 spiro atoms. The molecule has 2 aliphatic rings. The quantitative estimate of drug-likeness (QED) is 0.250. The second kappa shape index (κ2) is 13.2. The molecular weight excluding hydrogens is 611 g/mol. The second-order valence-corrected chi connectivity index (χ2v) is 11.9. The summed E-state index contributed by atoms with van der Waals surface area (Å²) in [5.41, 5.74) is 5.27. The van der Waals surface area contributed by atoms with E-state index in [1.807, 2.05) is 31.2 Å². The van der Waals surface area contributed by atoms with E-state index in [4.69, 9.17) is 21.3 Å². The molecule has 10 nitrogen and oxygen atoms in total. The molecule has 0 fully saturated rings. The highest BCUT2D eigenvalue weighted by molar-refractivity contribution is 6.31. The Morgan fingerprint density at radius 1 is 1.13 bits per heavy atom. The average Bonchev–Trinajstić information content (AvgIpc) is 3.59. The van der Waals surface area contributed by atoms with Gasteiger partial charge in [0.15, 0.2) is 0 Å². The van der Waals surface area contributed by atoms with Crippen LogP contribution in [0.15, 0.2) is 60.9 Å². The van der Waals surface area contributed by atoms with Gasteiger partial charge in [-0.15, -0.1) is 0 Å². The number of carbonyl (C=O) groups excluding carboxylic acids is 3. The highest BCUT2D eigenvalue weighted by Crippen LogP contribution is 2.39. The molecule has 6 rings (SSSR count). The number of anilines is 1. The largest absolute Gasteiger partial charge is 0.469 e. The van der Waals surface area contributed by atoms with Gasteiger partial charge in [-0.3, -0.25) is 19.4 Å². The number of methoxy groups -OCH3 is 1. The fourth-order valence-electron chi connectivity index (χ4n) is 6.13. The van der Waals surface area contributed by atoms with E-state index >= 15 is 4.39 Å². The molecule has 236 valence electrons. The molecule has 12 heteroatoms. The van der Waals surface area contributed by atoms with Crippen molar-refractivity contribution in [3.05, 3.63) is 88.6 Å². The normalized spacial score (nSPS) is 18.5. The molecule has 4 aromatic rings. The van der Waals surface area contributed by atoms with Crippen LogP contribution in [0.25, 0.3) is 28.0 Å². The van der Waals surface area contributed by atoms with Crippen LogP contribution in [0.1, 0.15) is 55.5 Å². The topological polar surface area (TPSA) is 130 Å². The summed E-state index contributed by atoms with van der Waals surface area (Å²) >= 11 is 6.17. The smallest absolute Gasteiger partial charge is 0.309 e. The maximum Gasteiger partial charge on any atom is 0.309 e. The number of esters is 1. The third-order valence-electron chi connectivity index (χ3n) is 8.60. The average molecular weight is 643 g/mol. The number of benzene rings is 2. The van der Waals surface area contributed by atoms with Crippen molar-refractivity contribution in [1.29, 1.82) is 0 Å². The van der Waals surface area contributed by atoms with Crippen LogP contribution in [-0.4, -0.2) is 56.7 Å². The van der Waals surface area contributed by atoms with Crippen molar-refractivity contribution < 1.29 is 23.5 Å². The molecule has 0 unspecified atom stereocenters. The summed E-state index contributed by atoms with van der Waals surface area (Å²) < 4.78 is 20.3. The highest BCUT2D eigenvalue weighted by atomic mass is 35.5. The lowest BCUT2D eigenvalue weighted by Gasteiger charge is -2.35. The third-order valence-corrected chi connectivity index (χ3v) is 8.89. The monoisotopic (exact) mass is 642 g/mol. The summed E-state index contributed by atoms with van der Waals surface area (Å²) in [6.07, 6.45) is 6.96. The van der Waals surface area contributed by atoms with Gasteiger partial charge in [-0.2, -0.15) is 15.4 Å². The summed E-state index contributed by atoms with van der Waals surface area (Å²) in [5, 5.41) is 13.5. The first kappa shape index (κ1) is 31.1. The number of ether oxygens (including phenoxy) is 1. The van der Waals surface area contributed by atoms with Crippen LogP contribution in [0, 0.1) is 11.7 Å². The molecular formula is C34H32ClFN6O4. The van der Waals surface area contributed by atoms with Crippen LogP contribution >= 0.6 is 11.6 Å². The number of halogens is 2. The number of aromatic nitrogens is 4. The Morgan fingerprint density at radius 3 is 2.72 bits per heavy atom. The maximum atomic E-state index is 15.5. The fourth-order valence-corrected chi connectivity index (χ4v) is 6.29.